The van der Waals surface area contributed by atoms with Crippen LogP contribution in [0.3, 0.4) is 0 Å². The molecule has 1 aromatic carbocycles. The van der Waals surface area contributed by atoms with E-state index in [1.807, 2.05) is 0 Å². The van der Waals surface area contributed by atoms with Gasteiger partial charge in [0.05, 0.1) is 16.0 Å². The predicted molar refractivity (Wildman–Crippen MR) is 109 cm³/mol. The van der Waals surface area contributed by atoms with Crippen molar-refractivity contribution in [3.05, 3.63) is 48.0 Å². The Kier molecular flexibility index (Phi) is 6.04. The molecule has 156 valence electrons. The lowest BCUT2D eigenvalue weighted by Gasteiger charge is -2.29. The first-order valence-corrected chi connectivity index (χ1v) is 9.40. The van der Waals surface area contributed by atoms with E-state index >= 15 is 0 Å². The molecule has 1 atom stereocenters. The zero-order valence-corrected chi connectivity index (χ0v) is 16.4. The van der Waals surface area contributed by atoms with E-state index in [0.717, 1.165) is 25.9 Å². The molecule has 0 saturated carbocycles. The van der Waals surface area contributed by atoms with E-state index in [1.165, 1.54) is 6.07 Å². The molecular formula is C18H22ClN5O5. The van der Waals surface area contributed by atoms with E-state index in [2.05, 4.69) is 20.6 Å². The number of hydrogen-bond acceptors (Lipinski definition) is 6. The highest BCUT2D eigenvalue weighted by atomic mass is 35.5. The molecule has 1 fully saturated rings. The highest BCUT2D eigenvalue weighted by Gasteiger charge is 2.31. The third-order valence-corrected chi connectivity index (χ3v) is 5.66. The molecule has 11 heteroatoms. The van der Waals surface area contributed by atoms with Gasteiger partial charge in [0.2, 0.25) is 5.91 Å². The number of H-pyrrole nitrogens is 2. The molecule has 4 rings (SSSR count). The molecule has 1 aliphatic heterocycles. The third kappa shape index (κ3) is 4.03. The van der Waals surface area contributed by atoms with Crippen molar-refractivity contribution in [3.63, 3.8) is 0 Å². The summed E-state index contributed by atoms with van der Waals surface area (Å²) in [6.45, 7) is 1.63. The molecule has 4 N–H and O–H groups in total. The minimum absolute atomic E-state index is 0. The van der Waals surface area contributed by atoms with Gasteiger partial charge in [-0.05, 0) is 50.8 Å². The number of rotatable bonds is 3. The Morgan fingerprint density at radius 1 is 1.10 bits per heavy atom. The molecular weight excluding hydrogens is 402 g/mol. The molecule has 1 unspecified atom stereocenters. The lowest BCUT2D eigenvalue weighted by atomic mass is 9.85. The minimum Gasteiger partial charge on any atom is -0.353 e. The third-order valence-electron chi connectivity index (χ3n) is 5.66. The van der Waals surface area contributed by atoms with Crippen LogP contribution in [0.1, 0.15) is 30.4 Å². The van der Waals surface area contributed by atoms with Crippen molar-refractivity contribution in [2.45, 2.75) is 38.1 Å². The molecule has 1 amide bonds. The average molecular weight is 424 g/mol. The number of halogens is 1. The van der Waals surface area contributed by atoms with Gasteiger partial charge in [-0.1, -0.05) is 0 Å². The van der Waals surface area contributed by atoms with Crippen molar-refractivity contribution in [1.82, 2.24) is 20.6 Å². The van der Waals surface area contributed by atoms with Crippen LogP contribution in [0.15, 0.2) is 15.7 Å². The first-order chi connectivity index (χ1) is 13.4. The topological polar surface area (TPSA) is 150 Å². The lowest BCUT2D eigenvalue weighted by molar-refractivity contribution is -0.385. The summed E-state index contributed by atoms with van der Waals surface area (Å²) < 4.78 is 0. The summed E-state index contributed by atoms with van der Waals surface area (Å²) >= 11 is 0. The van der Waals surface area contributed by atoms with Gasteiger partial charge in [-0.15, -0.1) is 12.4 Å². The Balaban J connectivity index is 0.00000240. The van der Waals surface area contributed by atoms with Gasteiger partial charge in [-0.2, -0.15) is 0 Å². The second-order valence-corrected chi connectivity index (χ2v) is 7.41. The van der Waals surface area contributed by atoms with E-state index in [1.54, 1.807) is 0 Å². The van der Waals surface area contributed by atoms with E-state index in [4.69, 9.17) is 0 Å². The van der Waals surface area contributed by atoms with Crippen molar-refractivity contribution in [2.75, 3.05) is 13.1 Å². The van der Waals surface area contributed by atoms with Gasteiger partial charge in [0.1, 0.15) is 0 Å². The number of nitro groups is 1. The van der Waals surface area contributed by atoms with Crippen molar-refractivity contribution in [1.29, 1.82) is 0 Å². The standard InChI is InChI=1S/C18H21N5O5.ClH/c24-16(9-3-5-19-6-4-9)20-10-1-2-11-12(7-10)15-13(8-14(11)23(27)28)21-17(25)18(26)22-15;/h8-10,19H,1-7H2,(H,20,24)(H,21,25)(H,22,26);1H. The number of aromatic amines is 2. The molecule has 0 spiro atoms. The molecule has 0 bridgehead atoms. The zero-order chi connectivity index (χ0) is 19.8. The van der Waals surface area contributed by atoms with Crippen LogP contribution in [0.5, 0.6) is 0 Å². The number of amides is 1. The van der Waals surface area contributed by atoms with Gasteiger partial charge in [0, 0.05) is 23.6 Å². The number of benzene rings is 1. The van der Waals surface area contributed by atoms with Crippen LogP contribution in [-0.4, -0.2) is 39.9 Å². The predicted octanol–water partition coefficient (Wildman–Crippen LogP) is 0.519. The Bertz CT molecular complexity index is 1070. The molecule has 2 aromatic rings. The van der Waals surface area contributed by atoms with E-state index in [-0.39, 0.29) is 41.5 Å². The lowest BCUT2D eigenvalue weighted by Crippen LogP contribution is -2.44. The fourth-order valence-corrected chi connectivity index (χ4v) is 4.22. The van der Waals surface area contributed by atoms with Gasteiger partial charge in [0.25, 0.3) is 5.69 Å². The summed E-state index contributed by atoms with van der Waals surface area (Å²) in [5.41, 5.74) is 0.0458. The number of carbonyl (C=O) groups excluding carboxylic acids is 1. The van der Waals surface area contributed by atoms with Crippen LogP contribution < -0.4 is 21.8 Å². The average Bonchev–Trinajstić information content (AvgIpc) is 2.69. The number of carbonyl (C=O) groups is 1. The van der Waals surface area contributed by atoms with Crippen molar-refractivity contribution >= 4 is 35.0 Å². The maximum Gasteiger partial charge on any atom is 0.314 e. The second-order valence-electron chi connectivity index (χ2n) is 7.41. The van der Waals surface area contributed by atoms with Crippen LogP contribution in [0, 0.1) is 16.0 Å². The minimum atomic E-state index is -0.853. The first kappa shape index (κ1) is 21.0. The number of nitro benzene ring substituents is 1. The van der Waals surface area contributed by atoms with Gasteiger partial charge in [-0.25, -0.2) is 0 Å². The smallest absolute Gasteiger partial charge is 0.314 e. The van der Waals surface area contributed by atoms with Crippen molar-refractivity contribution in [2.24, 2.45) is 5.92 Å². The molecule has 10 nitrogen and oxygen atoms in total. The quantitative estimate of drug-likeness (QED) is 0.321. The SMILES string of the molecule is Cl.O=C(NC1CCc2c([N+](=O)[O-])cc3[nH]c(=O)c(=O)[nH]c3c2C1)C1CCNCC1. The van der Waals surface area contributed by atoms with Gasteiger partial charge in [-0.3, -0.25) is 24.5 Å². The molecule has 0 radical (unpaired) electrons. The molecule has 1 saturated heterocycles. The fraction of sp³-hybridized carbons (Fsp3) is 0.500. The molecule has 1 aromatic heterocycles. The van der Waals surface area contributed by atoms with E-state index in [9.17, 15) is 24.5 Å². The summed E-state index contributed by atoms with van der Waals surface area (Å²) in [5.74, 6) is -0.0211. The number of nitrogens with zero attached hydrogens (tertiary/aromatic N) is 1. The number of nitrogens with one attached hydrogen (secondary N) is 4. The highest BCUT2D eigenvalue weighted by Crippen LogP contribution is 2.34. The largest absolute Gasteiger partial charge is 0.353 e. The van der Waals surface area contributed by atoms with E-state index in [0.29, 0.717) is 35.9 Å². The number of aromatic nitrogens is 2. The Morgan fingerprint density at radius 3 is 2.48 bits per heavy atom. The number of piperidine rings is 1. The zero-order valence-electron chi connectivity index (χ0n) is 15.6. The molecule has 29 heavy (non-hydrogen) atoms. The second kappa shape index (κ2) is 8.34. The van der Waals surface area contributed by atoms with Crippen LogP contribution in [0.25, 0.3) is 11.0 Å². The fourth-order valence-electron chi connectivity index (χ4n) is 4.22. The molecule has 1 aliphatic carbocycles. The van der Waals surface area contributed by atoms with Crippen LogP contribution in [-0.2, 0) is 17.6 Å². The van der Waals surface area contributed by atoms with Crippen molar-refractivity contribution in [3.8, 4) is 0 Å². The summed E-state index contributed by atoms with van der Waals surface area (Å²) in [6.07, 6.45) is 2.95. The Hall–Kier alpha value is -2.72. The highest BCUT2D eigenvalue weighted by molar-refractivity contribution is 5.85. The van der Waals surface area contributed by atoms with Gasteiger partial charge < -0.3 is 20.6 Å². The van der Waals surface area contributed by atoms with Crippen LogP contribution in [0.4, 0.5) is 5.69 Å². The molecule has 2 heterocycles. The number of hydrogen-bond donors (Lipinski definition) is 4. The van der Waals surface area contributed by atoms with Crippen LogP contribution >= 0.6 is 12.4 Å². The van der Waals surface area contributed by atoms with Crippen molar-refractivity contribution < 1.29 is 9.72 Å². The van der Waals surface area contributed by atoms with Gasteiger partial charge in [0.15, 0.2) is 0 Å². The number of fused-ring (bicyclic) bond motifs is 3. The van der Waals surface area contributed by atoms with Gasteiger partial charge >= 0.3 is 11.1 Å². The summed E-state index contributed by atoms with van der Waals surface area (Å²) in [6, 6.07) is 1.12. The Labute approximate surface area is 171 Å². The summed E-state index contributed by atoms with van der Waals surface area (Å²) in [7, 11) is 0. The normalized spacial score (nSPS) is 19.2. The molecule has 2 aliphatic rings. The summed E-state index contributed by atoms with van der Waals surface area (Å²) in [4.78, 5) is 52.0. The Morgan fingerprint density at radius 2 is 1.79 bits per heavy atom. The summed E-state index contributed by atoms with van der Waals surface area (Å²) in [5, 5.41) is 17.8. The first-order valence-electron chi connectivity index (χ1n) is 9.40. The van der Waals surface area contributed by atoms with Crippen LogP contribution in [0.2, 0.25) is 0 Å². The maximum absolute atomic E-state index is 12.6. The maximum atomic E-state index is 12.6. The monoisotopic (exact) mass is 423 g/mol. The van der Waals surface area contributed by atoms with E-state index < -0.39 is 16.0 Å².